The van der Waals surface area contributed by atoms with E-state index in [9.17, 15) is 18.1 Å². The van der Waals surface area contributed by atoms with Crippen molar-refractivity contribution in [2.45, 2.75) is 43.4 Å². The standard InChI is InChI=1S/C24H26O4S/c1-23(2,17-10-6-5-7-11-17)19-12-8-9-13-20(19)24(3,4)18-14-15-21(25)22(16-18)29(26,27)28/h5-16,25H,1-4H3,(H,26,27,28). The molecule has 0 aliphatic rings. The lowest BCUT2D eigenvalue weighted by Crippen LogP contribution is -2.28. The van der Waals surface area contributed by atoms with Crippen LogP contribution in [0.5, 0.6) is 5.75 Å². The number of hydrogen-bond donors (Lipinski definition) is 2. The van der Waals surface area contributed by atoms with Gasteiger partial charge in [-0.1, -0.05) is 88.4 Å². The van der Waals surface area contributed by atoms with Crippen molar-refractivity contribution in [1.82, 2.24) is 0 Å². The zero-order chi connectivity index (χ0) is 21.4. The molecule has 3 aromatic rings. The average Bonchev–Trinajstić information content (AvgIpc) is 2.68. The van der Waals surface area contributed by atoms with Crippen molar-refractivity contribution >= 4 is 10.1 Å². The minimum Gasteiger partial charge on any atom is -0.506 e. The van der Waals surface area contributed by atoms with Crippen LogP contribution in [0.3, 0.4) is 0 Å². The lowest BCUT2D eigenvalue weighted by atomic mass is 9.68. The highest BCUT2D eigenvalue weighted by molar-refractivity contribution is 7.86. The molecule has 0 spiro atoms. The molecular weight excluding hydrogens is 384 g/mol. The second kappa shape index (κ2) is 7.32. The van der Waals surface area contributed by atoms with Crippen LogP contribution in [0.15, 0.2) is 77.7 Å². The molecule has 0 aliphatic carbocycles. The maximum absolute atomic E-state index is 11.7. The molecule has 4 nitrogen and oxygen atoms in total. The SMILES string of the molecule is CC(C)(c1ccccc1)c1ccccc1C(C)(C)c1ccc(O)c(S(=O)(=O)O)c1. The highest BCUT2D eigenvalue weighted by Gasteiger charge is 2.33. The van der Waals surface area contributed by atoms with Crippen molar-refractivity contribution in [3.05, 3.63) is 95.1 Å². The molecule has 0 aliphatic heterocycles. The third-order valence-electron chi connectivity index (χ3n) is 5.73. The van der Waals surface area contributed by atoms with E-state index >= 15 is 0 Å². The lowest BCUT2D eigenvalue weighted by Gasteiger charge is -2.35. The van der Waals surface area contributed by atoms with Gasteiger partial charge in [0.15, 0.2) is 0 Å². The first-order chi connectivity index (χ1) is 13.5. The largest absolute Gasteiger partial charge is 0.506 e. The van der Waals surface area contributed by atoms with Gasteiger partial charge in [0, 0.05) is 10.8 Å². The van der Waals surface area contributed by atoms with E-state index in [1.54, 1.807) is 6.07 Å². The first-order valence-corrected chi connectivity index (χ1v) is 10.9. The van der Waals surface area contributed by atoms with Crippen LogP contribution in [-0.2, 0) is 20.9 Å². The first kappa shape index (κ1) is 21.1. The van der Waals surface area contributed by atoms with Gasteiger partial charge in [0.25, 0.3) is 10.1 Å². The quantitative estimate of drug-likeness (QED) is 0.561. The summed E-state index contributed by atoms with van der Waals surface area (Å²) in [5.41, 5.74) is 3.17. The third kappa shape index (κ3) is 3.93. The van der Waals surface area contributed by atoms with Crippen LogP contribution in [0, 0.1) is 0 Å². The normalized spacial score (nSPS) is 12.7. The smallest absolute Gasteiger partial charge is 0.298 e. The van der Waals surface area contributed by atoms with Crippen LogP contribution in [0.25, 0.3) is 0 Å². The van der Waals surface area contributed by atoms with Gasteiger partial charge in [0.1, 0.15) is 10.6 Å². The Labute approximate surface area is 172 Å². The van der Waals surface area contributed by atoms with Gasteiger partial charge in [-0.15, -0.1) is 0 Å². The van der Waals surface area contributed by atoms with Crippen molar-refractivity contribution < 1.29 is 18.1 Å². The summed E-state index contributed by atoms with van der Waals surface area (Å²) in [5, 5.41) is 9.90. The Kier molecular flexibility index (Phi) is 5.32. The van der Waals surface area contributed by atoms with E-state index in [0.29, 0.717) is 5.56 Å². The predicted molar refractivity (Wildman–Crippen MR) is 115 cm³/mol. The molecule has 0 amide bonds. The van der Waals surface area contributed by atoms with E-state index < -0.39 is 26.2 Å². The van der Waals surface area contributed by atoms with Crippen molar-refractivity contribution in [2.24, 2.45) is 0 Å². The fourth-order valence-electron chi connectivity index (χ4n) is 3.85. The molecule has 0 saturated heterocycles. The third-order valence-corrected chi connectivity index (χ3v) is 6.61. The molecule has 0 heterocycles. The molecule has 0 atom stereocenters. The Morgan fingerprint density at radius 2 is 1.17 bits per heavy atom. The van der Waals surface area contributed by atoms with Gasteiger partial charge in [-0.05, 0) is 34.4 Å². The number of hydrogen-bond acceptors (Lipinski definition) is 3. The summed E-state index contributed by atoms with van der Waals surface area (Å²) in [6.45, 7) is 8.34. The van der Waals surface area contributed by atoms with Gasteiger partial charge >= 0.3 is 0 Å². The summed E-state index contributed by atoms with van der Waals surface area (Å²) in [6.07, 6.45) is 0. The Bertz CT molecular complexity index is 1130. The number of benzene rings is 3. The summed E-state index contributed by atoms with van der Waals surface area (Å²) in [6, 6.07) is 22.7. The van der Waals surface area contributed by atoms with Gasteiger partial charge in [-0.2, -0.15) is 8.42 Å². The molecule has 152 valence electrons. The van der Waals surface area contributed by atoms with Gasteiger partial charge < -0.3 is 5.11 Å². The molecule has 0 aromatic heterocycles. The maximum atomic E-state index is 11.7. The van der Waals surface area contributed by atoms with Crippen LogP contribution >= 0.6 is 0 Å². The molecular formula is C24H26O4S. The molecule has 0 fully saturated rings. The van der Waals surface area contributed by atoms with Crippen molar-refractivity contribution in [2.75, 3.05) is 0 Å². The van der Waals surface area contributed by atoms with E-state index in [4.69, 9.17) is 0 Å². The molecule has 0 unspecified atom stereocenters. The van der Waals surface area contributed by atoms with Gasteiger partial charge in [-0.25, -0.2) is 0 Å². The molecule has 5 heteroatoms. The van der Waals surface area contributed by atoms with Gasteiger partial charge in [-0.3, -0.25) is 4.55 Å². The molecule has 0 bridgehead atoms. The molecule has 0 radical (unpaired) electrons. The molecule has 3 rings (SSSR count). The number of rotatable bonds is 5. The van der Waals surface area contributed by atoms with E-state index in [1.807, 2.05) is 50.2 Å². The second-order valence-electron chi connectivity index (χ2n) is 8.32. The summed E-state index contributed by atoms with van der Waals surface area (Å²) < 4.78 is 32.8. The average molecular weight is 411 g/mol. The van der Waals surface area contributed by atoms with E-state index in [1.165, 1.54) is 17.7 Å². The predicted octanol–water partition coefficient (Wildman–Crippen LogP) is 5.29. The fraction of sp³-hybridized carbons (Fsp3) is 0.250. The lowest BCUT2D eigenvalue weighted by molar-refractivity contribution is 0.442. The van der Waals surface area contributed by atoms with E-state index in [2.05, 4.69) is 32.0 Å². The minimum atomic E-state index is -4.53. The van der Waals surface area contributed by atoms with Crippen molar-refractivity contribution in [3.63, 3.8) is 0 Å². The van der Waals surface area contributed by atoms with Crippen molar-refractivity contribution in [3.8, 4) is 5.75 Å². The van der Waals surface area contributed by atoms with Crippen LogP contribution in [0.4, 0.5) is 0 Å². The molecule has 0 saturated carbocycles. The zero-order valence-electron chi connectivity index (χ0n) is 17.0. The number of phenols is 1. The van der Waals surface area contributed by atoms with E-state index in [-0.39, 0.29) is 5.41 Å². The highest BCUT2D eigenvalue weighted by Crippen LogP contribution is 2.42. The molecule has 2 N–H and O–H groups in total. The van der Waals surface area contributed by atoms with Crippen LogP contribution < -0.4 is 0 Å². The Balaban J connectivity index is 2.20. The highest BCUT2D eigenvalue weighted by atomic mass is 32.2. The Morgan fingerprint density at radius 1 is 0.690 bits per heavy atom. The Morgan fingerprint density at radius 3 is 1.69 bits per heavy atom. The number of aromatic hydroxyl groups is 1. The zero-order valence-corrected chi connectivity index (χ0v) is 17.9. The summed E-state index contributed by atoms with van der Waals surface area (Å²) >= 11 is 0. The first-order valence-electron chi connectivity index (χ1n) is 9.42. The van der Waals surface area contributed by atoms with Crippen molar-refractivity contribution in [1.29, 1.82) is 0 Å². The monoisotopic (exact) mass is 410 g/mol. The van der Waals surface area contributed by atoms with Crippen LogP contribution in [-0.4, -0.2) is 18.1 Å². The van der Waals surface area contributed by atoms with Crippen LogP contribution in [0.2, 0.25) is 0 Å². The van der Waals surface area contributed by atoms with Gasteiger partial charge in [0.05, 0.1) is 0 Å². The van der Waals surface area contributed by atoms with E-state index in [0.717, 1.165) is 11.1 Å². The minimum absolute atomic E-state index is 0.280. The summed E-state index contributed by atoms with van der Waals surface area (Å²) in [4.78, 5) is -0.483. The fourth-order valence-corrected chi connectivity index (χ4v) is 4.46. The topological polar surface area (TPSA) is 74.6 Å². The number of phenolic OH excluding ortho intramolecular Hbond substituents is 1. The molecule has 29 heavy (non-hydrogen) atoms. The summed E-state index contributed by atoms with van der Waals surface area (Å²) in [5.74, 6) is -0.468. The summed E-state index contributed by atoms with van der Waals surface area (Å²) in [7, 11) is -4.53. The Hall–Kier alpha value is -2.63. The van der Waals surface area contributed by atoms with Gasteiger partial charge in [0.2, 0.25) is 0 Å². The molecule has 3 aromatic carbocycles. The van der Waals surface area contributed by atoms with Crippen LogP contribution in [0.1, 0.15) is 49.9 Å². The maximum Gasteiger partial charge on any atom is 0.298 e. The second-order valence-corrected chi connectivity index (χ2v) is 9.71.